The number of thiophene rings is 1. The van der Waals surface area contributed by atoms with Gasteiger partial charge in [0.2, 0.25) is 5.78 Å². The van der Waals surface area contributed by atoms with Crippen LogP contribution in [0, 0.1) is 0 Å². The van der Waals surface area contributed by atoms with Crippen LogP contribution in [-0.4, -0.2) is 66.3 Å². The van der Waals surface area contributed by atoms with Crippen LogP contribution in [0.5, 0.6) is 5.75 Å². The summed E-state index contributed by atoms with van der Waals surface area (Å²) in [7, 11) is 3.88. The van der Waals surface area contributed by atoms with Crippen LogP contribution in [0.25, 0.3) is 0 Å². The number of nitrogens with zero attached hydrogens (tertiary/aromatic N) is 2. The number of Topliss-reactive ketones (excluding diaryl/α,β-unsaturated/α-hetero) is 1. The number of rotatable bonds is 10. The molecule has 0 fully saturated rings. The second-order valence-corrected chi connectivity index (χ2v) is 8.40. The third kappa shape index (κ3) is 5.12. The highest BCUT2D eigenvalue weighted by molar-refractivity contribution is 7.12. The number of ketones is 1. The van der Waals surface area contributed by atoms with Gasteiger partial charge in [0.15, 0.2) is 12.4 Å². The van der Waals surface area contributed by atoms with E-state index in [2.05, 4.69) is 0 Å². The van der Waals surface area contributed by atoms with Gasteiger partial charge in [-0.3, -0.25) is 14.4 Å². The fourth-order valence-electron chi connectivity index (χ4n) is 3.46. The Hall–Kier alpha value is -3.17. The van der Waals surface area contributed by atoms with Gasteiger partial charge in [0.05, 0.1) is 16.5 Å². The number of ether oxygens (including phenoxy) is 1. The summed E-state index contributed by atoms with van der Waals surface area (Å²) in [6.07, 6.45) is 0.683. The lowest BCUT2D eigenvalue weighted by Gasteiger charge is -2.27. The molecule has 1 aliphatic rings. The smallest absolute Gasteiger partial charge is 0.290 e. The van der Waals surface area contributed by atoms with Crippen LogP contribution < -0.4 is 10.5 Å². The summed E-state index contributed by atoms with van der Waals surface area (Å²) < 4.78 is 5.29. The number of carbonyl (C=O) groups is 3. The van der Waals surface area contributed by atoms with Crippen molar-refractivity contribution in [3.8, 4) is 5.75 Å². The van der Waals surface area contributed by atoms with Crippen molar-refractivity contribution in [1.29, 1.82) is 0 Å². The molecule has 1 atom stereocenters. The molecule has 164 valence electrons. The number of hydrogen-bond acceptors (Lipinski definition) is 7. The van der Waals surface area contributed by atoms with Crippen molar-refractivity contribution in [3.63, 3.8) is 0 Å². The minimum Gasteiger partial charge on any atom is -0.503 e. The summed E-state index contributed by atoms with van der Waals surface area (Å²) in [5.74, 6) is -1.59. The molecule has 0 saturated heterocycles. The summed E-state index contributed by atoms with van der Waals surface area (Å²) >= 11 is 1.26. The van der Waals surface area contributed by atoms with Gasteiger partial charge in [-0.25, -0.2) is 0 Å². The molecule has 8 nitrogen and oxygen atoms in total. The molecule has 0 bridgehead atoms. The van der Waals surface area contributed by atoms with Crippen LogP contribution in [-0.2, 0) is 9.59 Å². The van der Waals surface area contributed by atoms with Crippen LogP contribution in [0.3, 0.4) is 0 Å². The van der Waals surface area contributed by atoms with Crippen molar-refractivity contribution in [3.05, 3.63) is 63.6 Å². The molecule has 9 heteroatoms. The summed E-state index contributed by atoms with van der Waals surface area (Å²) in [6.45, 7) is 0.888. The number of carbonyl (C=O) groups excluding carboxylic acids is 3. The highest BCUT2D eigenvalue weighted by Crippen LogP contribution is 2.40. The van der Waals surface area contributed by atoms with E-state index in [1.807, 2.05) is 19.0 Å². The Kier molecular flexibility index (Phi) is 7.09. The van der Waals surface area contributed by atoms with Gasteiger partial charge in [-0.15, -0.1) is 11.3 Å². The molecule has 0 spiro atoms. The largest absolute Gasteiger partial charge is 0.503 e. The van der Waals surface area contributed by atoms with Gasteiger partial charge >= 0.3 is 0 Å². The number of aliphatic hydroxyl groups excluding tert-OH is 1. The molecule has 0 unspecified atom stereocenters. The molecule has 3 rings (SSSR count). The van der Waals surface area contributed by atoms with Gasteiger partial charge in [0.25, 0.3) is 11.8 Å². The second-order valence-electron chi connectivity index (χ2n) is 7.45. The van der Waals surface area contributed by atoms with Crippen molar-refractivity contribution in [2.75, 3.05) is 33.8 Å². The highest BCUT2D eigenvalue weighted by Gasteiger charge is 2.43. The minimum absolute atomic E-state index is 0.0723. The molecule has 3 N–H and O–H groups in total. The molecule has 0 radical (unpaired) electrons. The van der Waals surface area contributed by atoms with Gasteiger partial charge in [0.1, 0.15) is 5.75 Å². The Morgan fingerprint density at radius 1 is 1.23 bits per heavy atom. The Morgan fingerprint density at radius 2 is 1.94 bits per heavy atom. The zero-order valence-corrected chi connectivity index (χ0v) is 18.2. The van der Waals surface area contributed by atoms with Crippen molar-refractivity contribution in [2.24, 2.45) is 5.73 Å². The van der Waals surface area contributed by atoms with E-state index in [0.29, 0.717) is 29.2 Å². The van der Waals surface area contributed by atoms with Crippen molar-refractivity contribution in [1.82, 2.24) is 9.80 Å². The quantitative estimate of drug-likeness (QED) is 0.544. The highest BCUT2D eigenvalue weighted by atomic mass is 32.1. The fourth-order valence-corrected chi connectivity index (χ4v) is 4.14. The van der Waals surface area contributed by atoms with E-state index in [9.17, 15) is 19.5 Å². The molecule has 31 heavy (non-hydrogen) atoms. The fraction of sp³-hybridized carbons (Fsp3) is 0.318. The second kappa shape index (κ2) is 9.76. The van der Waals surface area contributed by atoms with Crippen LogP contribution in [0.15, 0.2) is 53.1 Å². The number of amides is 2. The van der Waals surface area contributed by atoms with Gasteiger partial charge in [0, 0.05) is 6.54 Å². The van der Waals surface area contributed by atoms with Crippen molar-refractivity contribution in [2.45, 2.75) is 12.5 Å². The van der Waals surface area contributed by atoms with Crippen LogP contribution in [0.4, 0.5) is 0 Å². The van der Waals surface area contributed by atoms with Gasteiger partial charge in [-0.05, 0) is 56.2 Å². The monoisotopic (exact) mass is 443 g/mol. The lowest BCUT2D eigenvalue weighted by molar-refractivity contribution is -0.129. The van der Waals surface area contributed by atoms with E-state index in [-0.39, 0.29) is 18.0 Å². The van der Waals surface area contributed by atoms with Crippen molar-refractivity contribution >= 4 is 28.9 Å². The van der Waals surface area contributed by atoms with E-state index in [1.165, 1.54) is 16.2 Å². The third-order valence-electron chi connectivity index (χ3n) is 4.87. The van der Waals surface area contributed by atoms with Gasteiger partial charge < -0.3 is 25.4 Å². The molecule has 2 heterocycles. The van der Waals surface area contributed by atoms with E-state index >= 15 is 0 Å². The van der Waals surface area contributed by atoms with Gasteiger partial charge in [-0.2, -0.15) is 0 Å². The first-order chi connectivity index (χ1) is 14.8. The SMILES string of the molecule is CN(C)CCCN1C(=O)C(O)=C(C(=O)c2cccs2)[C@H]1c1ccc(OCC(N)=O)cc1. The predicted octanol–water partition coefficient (Wildman–Crippen LogP) is 2.14. The molecule has 1 aromatic carbocycles. The number of primary amides is 1. The molecular weight excluding hydrogens is 418 g/mol. The Labute approximate surface area is 184 Å². The maximum Gasteiger partial charge on any atom is 0.290 e. The van der Waals surface area contributed by atoms with Gasteiger partial charge in [-0.1, -0.05) is 18.2 Å². The lowest BCUT2D eigenvalue weighted by atomic mass is 9.95. The Bertz CT molecular complexity index is 983. The van der Waals surface area contributed by atoms with E-state index in [0.717, 1.165) is 6.54 Å². The summed E-state index contributed by atoms with van der Waals surface area (Å²) in [6, 6.07) is 9.42. The first-order valence-electron chi connectivity index (χ1n) is 9.77. The Balaban J connectivity index is 1.93. The molecule has 1 aromatic heterocycles. The predicted molar refractivity (Wildman–Crippen MR) is 117 cm³/mol. The summed E-state index contributed by atoms with van der Waals surface area (Å²) in [5, 5.41) is 12.4. The van der Waals surface area contributed by atoms with Crippen LogP contribution in [0.2, 0.25) is 0 Å². The van der Waals surface area contributed by atoms with E-state index in [1.54, 1.807) is 41.8 Å². The molecule has 2 amide bonds. The first-order valence-corrected chi connectivity index (χ1v) is 10.7. The van der Waals surface area contributed by atoms with Crippen molar-refractivity contribution < 1.29 is 24.2 Å². The van der Waals surface area contributed by atoms with Crippen LogP contribution >= 0.6 is 11.3 Å². The molecule has 1 aliphatic heterocycles. The molecule has 0 saturated carbocycles. The average Bonchev–Trinajstić information content (AvgIpc) is 3.35. The minimum atomic E-state index is -0.713. The van der Waals surface area contributed by atoms with E-state index < -0.39 is 23.6 Å². The Morgan fingerprint density at radius 3 is 2.52 bits per heavy atom. The number of nitrogens with two attached hydrogens (primary N) is 1. The molecule has 2 aromatic rings. The van der Waals surface area contributed by atoms with Crippen LogP contribution in [0.1, 0.15) is 27.7 Å². The summed E-state index contributed by atoms with van der Waals surface area (Å²) in [4.78, 5) is 40.9. The average molecular weight is 444 g/mol. The third-order valence-corrected chi connectivity index (χ3v) is 5.74. The zero-order valence-electron chi connectivity index (χ0n) is 17.4. The molecular formula is C22H25N3O5S. The summed E-state index contributed by atoms with van der Waals surface area (Å²) in [5.41, 5.74) is 5.84. The molecule has 0 aliphatic carbocycles. The topological polar surface area (TPSA) is 113 Å². The standard InChI is InChI=1S/C22H25N3O5S/c1-24(2)10-4-11-25-19(14-6-8-15(9-7-14)30-13-17(23)26)18(21(28)22(25)29)20(27)16-5-3-12-31-16/h3,5-9,12,19,28H,4,10-11,13H2,1-2H3,(H2,23,26)/t19-/m1/s1. The maximum atomic E-state index is 13.1. The van der Waals surface area contributed by atoms with E-state index in [4.69, 9.17) is 10.5 Å². The number of hydrogen-bond donors (Lipinski definition) is 2. The normalized spacial score (nSPS) is 16.3. The number of aliphatic hydroxyl groups is 1. The maximum absolute atomic E-state index is 13.1. The number of benzene rings is 1. The lowest BCUT2D eigenvalue weighted by Crippen LogP contribution is -2.33. The first kappa shape index (κ1) is 22.5. The zero-order chi connectivity index (χ0) is 22.5.